The van der Waals surface area contributed by atoms with Crippen molar-refractivity contribution in [2.75, 3.05) is 18.5 Å². The van der Waals surface area contributed by atoms with E-state index in [0.29, 0.717) is 6.54 Å². The number of anilines is 1. The fourth-order valence-corrected chi connectivity index (χ4v) is 2.49. The highest BCUT2D eigenvalue weighted by molar-refractivity contribution is 6.31. The summed E-state index contributed by atoms with van der Waals surface area (Å²) < 4.78 is 0. The van der Waals surface area contributed by atoms with Crippen LogP contribution in [0.3, 0.4) is 0 Å². The third-order valence-electron chi connectivity index (χ3n) is 3.50. The van der Waals surface area contributed by atoms with Crippen molar-refractivity contribution < 1.29 is 0 Å². The normalized spacial score (nSPS) is 10.6. The lowest BCUT2D eigenvalue weighted by Gasteiger charge is -2.20. The fourth-order valence-electron chi connectivity index (χ4n) is 2.23. The fraction of sp³-hybridized carbons (Fsp3) is 0.294. The summed E-state index contributed by atoms with van der Waals surface area (Å²) in [6.45, 7) is 1.49. The number of hydrogen-bond acceptors (Lipinski definition) is 2. The van der Waals surface area contributed by atoms with Gasteiger partial charge in [0.05, 0.1) is 0 Å². The van der Waals surface area contributed by atoms with Gasteiger partial charge in [0.25, 0.3) is 0 Å². The molecule has 2 aromatic rings. The van der Waals surface area contributed by atoms with Crippen molar-refractivity contribution >= 4 is 17.3 Å². The molecule has 0 aliphatic carbocycles. The van der Waals surface area contributed by atoms with E-state index in [9.17, 15) is 0 Å². The monoisotopic (exact) mass is 288 g/mol. The van der Waals surface area contributed by atoms with Crippen molar-refractivity contribution in [2.24, 2.45) is 5.73 Å². The van der Waals surface area contributed by atoms with E-state index in [-0.39, 0.29) is 0 Å². The van der Waals surface area contributed by atoms with E-state index in [1.165, 1.54) is 5.56 Å². The minimum absolute atomic E-state index is 0.483. The first kappa shape index (κ1) is 14.9. The maximum absolute atomic E-state index is 6.20. The van der Waals surface area contributed by atoms with E-state index in [1.54, 1.807) is 0 Å². The first-order chi connectivity index (χ1) is 9.70. The summed E-state index contributed by atoms with van der Waals surface area (Å²) in [6.07, 6.45) is 2.22. The Kier molecular flexibility index (Phi) is 5.45. The van der Waals surface area contributed by atoms with Crippen molar-refractivity contribution in [3.8, 4) is 0 Å². The summed E-state index contributed by atoms with van der Waals surface area (Å²) >= 11 is 6.20. The standard InChI is InChI=1S/C17H21ClN2/c1-20(11-5-8-14-6-3-2-4-7-14)16-10-9-15(13-19)17(18)12-16/h2-4,6-7,9-10,12H,5,8,11,13,19H2,1H3. The molecule has 0 fully saturated rings. The van der Waals surface area contributed by atoms with E-state index in [4.69, 9.17) is 17.3 Å². The van der Waals surface area contributed by atoms with Crippen LogP contribution in [0.25, 0.3) is 0 Å². The molecule has 2 nitrogen and oxygen atoms in total. The Balaban J connectivity index is 1.88. The van der Waals surface area contributed by atoms with E-state index in [0.717, 1.165) is 35.7 Å². The Morgan fingerprint density at radius 1 is 1.10 bits per heavy atom. The van der Waals surface area contributed by atoms with Crippen molar-refractivity contribution in [1.29, 1.82) is 0 Å². The van der Waals surface area contributed by atoms with Gasteiger partial charge in [0, 0.05) is 30.8 Å². The van der Waals surface area contributed by atoms with Crippen LogP contribution in [0.4, 0.5) is 5.69 Å². The second-order valence-corrected chi connectivity index (χ2v) is 5.40. The summed E-state index contributed by atoms with van der Waals surface area (Å²) in [7, 11) is 2.10. The van der Waals surface area contributed by atoms with Gasteiger partial charge in [-0.15, -0.1) is 0 Å². The zero-order valence-electron chi connectivity index (χ0n) is 11.8. The smallest absolute Gasteiger partial charge is 0.0471 e. The van der Waals surface area contributed by atoms with E-state index >= 15 is 0 Å². The third kappa shape index (κ3) is 3.99. The molecule has 0 saturated carbocycles. The quantitative estimate of drug-likeness (QED) is 0.874. The molecule has 0 saturated heterocycles. The first-order valence-electron chi connectivity index (χ1n) is 6.94. The number of halogens is 1. The van der Waals surface area contributed by atoms with Crippen LogP contribution < -0.4 is 10.6 Å². The van der Waals surface area contributed by atoms with Crippen LogP contribution in [0.15, 0.2) is 48.5 Å². The summed E-state index contributed by atoms with van der Waals surface area (Å²) in [4.78, 5) is 2.23. The molecule has 0 radical (unpaired) electrons. The van der Waals surface area contributed by atoms with Crippen LogP contribution in [0, 0.1) is 0 Å². The highest BCUT2D eigenvalue weighted by Crippen LogP contribution is 2.23. The van der Waals surface area contributed by atoms with Gasteiger partial charge in [0.1, 0.15) is 0 Å². The van der Waals surface area contributed by atoms with Crippen molar-refractivity contribution in [1.82, 2.24) is 0 Å². The van der Waals surface area contributed by atoms with Gasteiger partial charge in [0.15, 0.2) is 0 Å². The number of hydrogen-bond donors (Lipinski definition) is 1. The molecule has 0 heterocycles. The molecule has 0 atom stereocenters. The lowest BCUT2D eigenvalue weighted by atomic mass is 10.1. The molecule has 0 amide bonds. The Morgan fingerprint density at radius 2 is 1.85 bits per heavy atom. The van der Waals surface area contributed by atoms with Crippen molar-refractivity contribution in [3.05, 3.63) is 64.7 Å². The topological polar surface area (TPSA) is 29.3 Å². The summed E-state index contributed by atoms with van der Waals surface area (Å²) in [6, 6.07) is 16.7. The Labute approximate surface area is 126 Å². The van der Waals surface area contributed by atoms with Gasteiger partial charge in [0.2, 0.25) is 0 Å². The zero-order valence-corrected chi connectivity index (χ0v) is 12.6. The summed E-state index contributed by atoms with van der Waals surface area (Å²) in [5.41, 5.74) is 9.14. The maximum atomic E-state index is 6.20. The molecular weight excluding hydrogens is 268 g/mol. The van der Waals surface area contributed by atoms with Crippen molar-refractivity contribution in [2.45, 2.75) is 19.4 Å². The predicted octanol–water partition coefficient (Wildman–Crippen LogP) is 3.87. The molecule has 0 aliphatic rings. The average molecular weight is 289 g/mol. The highest BCUT2D eigenvalue weighted by Gasteiger charge is 2.04. The van der Waals surface area contributed by atoms with E-state index < -0.39 is 0 Å². The van der Waals surface area contributed by atoms with Gasteiger partial charge >= 0.3 is 0 Å². The third-order valence-corrected chi connectivity index (χ3v) is 3.85. The summed E-state index contributed by atoms with van der Waals surface area (Å²) in [5, 5.41) is 0.750. The van der Waals surface area contributed by atoms with Gasteiger partial charge in [-0.25, -0.2) is 0 Å². The molecule has 0 aliphatic heterocycles. The number of rotatable bonds is 6. The molecule has 0 spiro atoms. The lowest BCUT2D eigenvalue weighted by molar-refractivity contribution is 0.785. The lowest BCUT2D eigenvalue weighted by Crippen LogP contribution is -2.19. The van der Waals surface area contributed by atoms with Crippen LogP contribution in [0.5, 0.6) is 0 Å². The minimum atomic E-state index is 0.483. The van der Waals surface area contributed by atoms with Gasteiger partial charge in [-0.1, -0.05) is 48.0 Å². The Morgan fingerprint density at radius 3 is 2.50 bits per heavy atom. The Bertz CT molecular complexity index is 540. The molecule has 2 rings (SSSR count). The van der Waals surface area contributed by atoms with Crippen LogP contribution in [0.1, 0.15) is 17.5 Å². The van der Waals surface area contributed by atoms with Gasteiger partial charge in [-0.2, -0.15) is 0 Å². The van der Waals surface area contributed by atoms with E-state index in [1.807, 2.05) is 12.1 Å². The minimum Gasteiger partial charge on any atom is -0.375 e. The molecule has 2 aromatic carbocycles. The number of nitrogens with zero attached hydrogens (tertiary/aromatic N) is 1. The van der Waals surface area contributed by atoms with Crippen molar-refractivity contribution in [3.63, 3.8) is 0 Å². The summed E-state index contributed by atoms with van der Waals surface area (Å²) in [5.74, 6) is 0. The molecular formula is C17H21ClN2. The first-order valence-corrected chi connectivity index (χ1v) is 7.32. The van der Waals surface area contributed by atoms with Crippen LogP contribution in [-0.2, 0) is 13.0 Å². The van der Waals surface area contributed by atoms with Gasteiger partial charge < -0.3 is 10.6 Å². The zero-order chi connectivity index (χ0) is 14.4. The number of benzene rings is 2. The highest BCUT2D eigenvalue weighted by atomic mass is 35.5. The molecule has 0 unspecified atom stereocenters. The predicted molar refractivity (Wildman–Crippen MR) is 87.4 cm³/mol. The number of nitrogens with two attached hydrogens (primary N) is 1. The molecule has 2 N–H and O–H groups in total. The maximum Gasteiger partial charge on any atom is 0.0471 e. The molecule has 20 heavy (non-hydrogen) atoms. The molecule has 3 heteroatoms. The SMILES string of the molecule is CN(CCCc1ccccc1)c1ccc(CN)c(Cl)c1. The average Bonchev–Trinajstić information content (AvgIpc) is 2.48. The molecule has 106 valence electrons. The van der Waals surface area contributed by atoms with E-state index in [2.05, 4.69) is 48.3 Å². The Hall–Kier alpha value is -1.51. The number of aryl methyl sites for hydroxylation is 1. The second-order valence-electron chi connectivity index (χ2n) is 4.99. The van der Waals surface area contributed by atoms with Crippen LogP contribution >= 0.6 is 11.6 Å². The molecule has 0 bridgehead atoms. The molecule has 0 aromatic heterocycles. The van der Waals surface area contributed by atoms with Crippen LogP contribution in [0.2, 0.25) is 5.02 Å². The van der Waals surface area contributed by atoms with Gasteiger partial charge in [-0.3, -0.25) is 0 Å². The van der Waals surface area contributed by atoms with Gasteiger partial charge in [-0.05, 0) is 36.1 Å². The second kappa shape index (κ2) is 7.32. The van der Waals surface area contributed by atoms with Crippen LogP contribution in [-0.4, -0.2) is 13.6 Å². The largest absolute Gasteiger partial charge is 0.375 e.